The van der Waals surface area contributed by atoms with Gasteiger partial charge in [0.1, 0.15) is 29.0 Å². The van der Waals surface area contributed by atoms with Crippen LogP contribution in [-0.2, 0) is 28.2 Å². The van der Waals surface area contributed by atoms with E-state index in [-0.39, 0.29) is 7.43 Å². The normalized spacial score (nSPS) is 10.5. The second kappa shape index (κ2) is 18.3. The van der Waals surface area contributed by atoms with Gasteiger partial charge in [0, 0.05) is 46.0 Å². The van der Waals surface area contributed by atoms with Crippen LogP contribution in [0.2, 0.25) is 0 Å². The van der Waals surface area contributed by atoms with Gasteiger partial charge in [0.05, 0.1) is 24.4 Å². The molecule has 1 aromatic carbocycles. The molecule has 17 nitrogen and oxygen atoms in total. The van der Waals surface area contributed by atoms with Crippen molar-refractivity contribution in [2.75, 3.05) is 17.2 Å². The van der Waals surface area contributed by atoms with Crippen LogP contribution in [0.3, 0.4) is 0 Å². The van der Waals surface area contributed by atoms with Crippen molar-refractivity contribution in [3.05, 3.63) is 101 Å². The Labute approximate surface area is 338 Å². The first-order valence-electron chi connectivity index (χ1n) is 18.1. The fourth-order valence-electron chi connectivity index (χ4n) is 5.85. The van der Waals surface area contributed by atoms with Crippen molar-refractivity contribution in [2.24, 2.45) is 28.2 Å². The molecule has 0 saturated heterocycles. The third kappa shape index (κ3) is 9.49. The Bertz CT molecular complexity index is 2820. The minimum Gasteiger partial charge on any atom is -0.382 e. The summed E-state index contributed by atoms with van der Waals surface area (Å²) in [6, 6.07) is 6.50. The molecule has 6 N–H and O–H groups in total. The second-order valence-electron chi connectivity index (χ2n) is 13.9. The number of hydrogen-bond donors (Lipinski definition) is 3. The number of nitrogens with zero attached hydrogens (tertiary/aromatic N) is 14. The lowest BCUT2D eigenvalue weighted by Gasteiger charge is -1.99. The molecule has 17 heteroatoms. The van der Waals surface area contributed by atoms with Crippen LogP contribution in [0.15, 0.2) is 55.8 Å². The lowest BCUT2D eigenvalue weighted by Crippen LogP contribution is -1.98. The van der Waals surface area contributed by atoms with Crippen LogP contribution >= 0.6 is 0 Å². The van der Waals surface area contributed by atoms with E-state index in [1.807, 2.05) is 75.1 Å². The molecule has 0 aliphatic rings. The second-order valence-corrected chi connectivity index (χ2v) is 13.9. The Morgan fingerprint density at radius 3 is 1.84 bits per heavy atom. The number of imidazole rings is 3. The van der Waals surface area contributed by atoms with Gasteiger partial charge < -0.3 is 30.9 Å². The summed E-state index contributed by atoms with van der Waals surface area (Å²) in [5, 5.41) is 5.30. The molecule has 0 atom stereocenters. The average molecular weight is 786 g/mol. The van der Waals surface area contributed by atoms with Crippen molar-refractivity contribution in [3.63, 3.8) is 0 Å². The number of aromatic nitrogens is 14. The van der Waals surface area contributed by atoms with Gasteiger partial charge in [0.15, 0.2) is 39.9 Å². The SMILES string of the molecule is C.Cc1ccc(C)c(C)c1.Cc1cnc(N)c2ncn(C)c12.Cc1cnc2c(cnn2C)c1C.Cc1nc(N)c2ncn(C)c2n1.Cc1nc2c(N)ncnc2n1C. The number of nitrogen functional groups attached to an aromatic ring is 3. The smallest absolute Gasteiger partial charge is 0.165 e. The first-order chi connectivity index (χ1) is 27.0. The Hall–Kier alpha value is -7.04. The number of pyridine rings is 2. The first-order valence-corrected chi connectivity index (χ1v) is 18.1. The molecule has 0 aliphatic carbocycles. The molecule has 8 aromatic heterocycles. The fraction of sp³-hybridized carbons (Fsp3) is 0.317. The largest absolute Gasteiger partial charge is 0.382 e. The molecule has 0 saturated carbocycles. The molecule has 0 bridgehead atoms. The molecule has 9 rings (SSSR count). The highest BCUT2D eigenvalue weighted by atomic mass is 15.3. The van der Waals surface area contributed by atoms with Crippen LogP contribution in [0.25, 0.3) is 44.4 Å². The summed E-state index contributed by atoms with van der Waals surface area (Å²) in [7, 11) is 7.63. The molecule has 0 fully saturated rings. The van der Waals surface area contributed by atoms with Crippen molar-refractivity contribution < 1.29 is 0 Å². The third-order valence-corrected chi connectivity index (χ3v) is 9.50. The minimum absolute atomic E-state index is 0. The van der Waals surface area contributed by atoms with E-state index in [0.29, 0.717) is 34.3 Å². The summed E-state index contributed by atoms with van der Waals surface area (Å²) >= 11 is 0. The van der Waals surface area contributed by atoms with E-state index in [0.717, 1.165) is 44.7 Å². The molecule has 8 heterocycles. The standard InChI is InChI=1S/C9H11N3.C9H12.C8H10N4.2C7H9N5.CH4/c1-6-4-10-9-8(7(6)2)5-11-12(9)3;1-7-4-5-8(2)9(3)6-7;1-5-3-10-8(9)6-7(5)12(2)4-11-6;1-4-11-5-6(8)9-3-10-7(5)12(4)2;1-4-10-6(8)5-7(11-4)12(2)3-9-5;/h4-5H,1-3H3;4-6H,1-3H3;3-4H,1-2H3,(H2,9,10);3H,1-2H3,(H2,8,9,10);3H,1-2H3,(H2,8,10,11);1H4. The molecule has 0 amide bonds. The Morgan fingerprint density at radius 1 is 0.534 bits per heavy atom. The molecule has 9 aromatic rings. The van der Waals surface area contributed by atoms with Crippen molar-refractivity contribution in [1.29, 1.82) is 0 Å². The van der Waals surface area contributed by atoms with E-state index >= 15 is 0 Å². The lowest BCUT2D eigenvalue weighted by atomic mass is 10.1. The van der Waals surface area contributed by atoms with E-state index in [9.17, 15) is 0 Å². The van der Waals surface area contributed by atoms with E-state index < -0.39 is 0 Å². The van der Waals surface area contributed by atoms with Gasteiger partial charge in [-0.1, -0.05) is 31.2 Å². The highest BCUT2D eigenvalue weighted by molar-refractivity contribution is 5.87. The number of benzene rings is 1. The number of aryl methyl sites for hydroxylation is 12. The van der Waals surface area contributed by atoms with Gasteiger partial charge in [-0.25, -0.2) is 44.9 Å². The molecule has 0 radical (unpaired) electrons. The van der Waals surface area contributed by atoms with E-state index in [4.69, 9.17) is 17.2 Å². The molecule has 0 unspecified atom stereocenters. The summed E-state index contributed by atoms with van der Waals surface area (Å²) in [5.74, 6) is 2.93. The van der Waals surface area contributed by atoms with Crippen LogP contribution in [0.1, 0.15) is 52.5 Å². The van der Waals surface area contributed by atoms with Gasteiger partial charge in [0.2, 0.25) is 0 Å². The lowest BCUT2D eigenvalue weighted by molar-refractivity contribution is 0.786. The van der Waals surface area contributed by atoms with Crippen molar-refractivity contribution in [2.45, 2.75) is 62.8 Å². The highest BCUT2D eigenvalue weighted by Crippen LogP contribution is 2.20. The topological polar surface area (TPSA) is 227 Å². The molecule has 0 aliphatic heterocycles. The van der Waals surface area contributed by atoms with Gasteiger partial charge >= 0.3 is 0 Å². The summed E-state index contributed by atoms with van der Waals surface area (Å²) in [4.78, 5) is 36.9. The van der Waals surface area contributed by atoms with Gasteiger partial charge in [-0.2, -0.15) is 5.10 Å². The van der Waals surface area contributed by atoms with Crippen molar-refractivity contribution >= 4 is 61.8 Å². The molecule has 304 valence electrons. The number of anilines is 3. The van der Waals surface area contributed by atoms with Crippen LogP contribution in [0.5, 0.6) is 0 Å². The average Bonchev–Trinajstić information content (AvgIpc) is 3.94. The summed E-state index contributed by atoms with van der Waals surface area (Å²) in [6.45, 7) is 16.3. The maximum absolute atomic E-state index is 5.65. The van der Waals surface area contributed by atoms with Gasteiger partial charge in [-0.15, -0.1) is 0 Å². The summed E-state index contributed by atoms with van der Waals surface area (Å²) < 4.78 is 7.44. The van der Waals surface area contributed by atoms with Crippen LogP contribution in [-0.4, -0.2) is 68.3 Å². The van der Waals surface area contributed by atoms with Crippen molar-refractivity contribution in [3.8, 4) is 0 Å². The highest BCUT2D eigenvalue weighted by Gasteiger charge is 2.09. The third-order valence-electron chi connectivity index (χ3n) is 9.50. The maximum atomic E-state index is 5.65. The fourth-order valence-corrected chi connectivity index (χ4v) is 5.85. The zero-order chi connectivity index (χ0) is 41.7. The maximum Gasteiger partial charge on any atom is 0.165 e. The van der Waals surface area contributed by atoms with Crippen LogP contribution in [0, 0.1) is 55.4 Å². The molecule has 58 heavy (non-hydrogen) atoms. The molecular formula is C41H55N17. The predicted molar refractivity (Wildman–Crippen MR) is 234 cm³/mol. The van der Waals surface area contributed by atoms with Crippen molar-refractivity contribution in [1.82, 2.24) is 68.3 Å². The Balaban J connectivity index is 0.000000160. The molecule has 0 spiro atoms. The van der Waals surface area contributed by atoms with Gasteiger partial charge in [-0.3, -0.25) is 4.68 Å². The van der Waals surface area contributed by atoms with Gasteiger partial charge in [-0.05, 0) is 83.2 Å². The Morgan fingerprint density at radius 2 is 1.19 bits per heavy atom. The number of hydrogen-bond acceptors (Lipinski definition) is 13. The van der Waals surface area contributed by atoms with E-state index in [1.165, 1.54) is 34.1 Å². The quantitative estimate of drug-likeness (QED) is 0.156. The van der Waals surface area contributed by atoms with E-state index in [1.54, 1.807) is 23.5 Å². The van der Waals surface area contributed by atoms with Gasteiger partial charge in [0.25, 0.3) is 0 Å². The number of fused-ring (bicyclic) bond motifs is 4. The van der Waals surface area contributed by atoms with Crippen LogP contribution < -0.4 is 17.2 Å². The van der Waals surface area contributed by atoms with E-state index in [2.05, 4.69) is 103 Å². The predicted octanol–water partition coefficient (Wildman–Crippen LogP) is 6.20. The number of rotatable bonds is 0. The zero-order valence-corrected chi connectivity index (χ0v) is 34.7. The zero-order valence-electron chi connectivity index (χ0n) is 34.7. The minimum atomic E-state index is 0. The van der Waals surface area contributed by atoms with Crippen LogP contribution in [0.4, 0.5) is 17.5 Å². The molecular weight excluding hydrogens is 731 g/mol. The first kappa shape index (κ1) is 43.7. The Kier molecular flexibility index (Phi) is 13.8. The number of nitrogens with two attached hydrogens (primary N) is 3. The summed E-state index contributed by atoms with van der Waals surface area (Å²) in [6.07, 6.45) is 10.4. The summed E-state index contributed by atoms with van der Waals surface area (Å²) in [5.41, 5.74) is 30.3. The monoisotopic (exact) mass is 785 g/mol.